The maximum atomic E-state index is 10.4. The molecule has 0 aromatic heterocycles. The third-order valence-electron chi connectivity index (χ3n) is 0.788. The summed E-state index contributed by atoms with van der Waals surface area (Å²) in [4.78, 5) is 10.4. The number of hydrogen-bond acceptors (Lipinski definition) is 2. The molecular weight excluding hydrogens is 104 g/mol. The van der Waals surface area contributed by atoms with Gasteiger partial charge in [-0.3, -0.25) is 4.79 Å². The van der Waals surface area contributed by atoms with Gasteiger partial charge < -0.3 is 11.1 Å². The lowest BCUT2D eigenvalue weighted by Gasteiger charge is -1.97. The van der Waals surface area contributed by atoms with Crippen LogP contribution in [-0.4, -0.2) is 19.0 Å². The van der Waals surface area contributed by atoms with E-state index in [1.807, 2.05) is 6.92 Å². The van der Waals surface area contributed by atoms with Gasteiger partial charge in [-0.15, -0.1) is 0 Å². The molecule has 0 aliphatic heterocycles. The van der Waals surface area contributed by atoms with E-state index in [1.54, 1.807) is 0 Å². The Kier molecular flexibility index (Phi) is 4.26. The third kappa shape index (κ3) is 3.61. The molecule has 0 saturated heterocycles. The van der Waals surface area contributed by atoms with Crippen LogP contribution in [-0.2, 0) is 4.79 Å². The van der Waals surface area contributed by atoms with Crippen LogP contribution in [0.15, 0.2) is 0 Å². The van der Waals surface area contributed by atoms with E-state index < -0.39 is 0 Å². The lowest BCUT2D eigenvalue weighted by molar-refractivity contribution is -0.120. The second-order valence-electron chi connectivity index (χ2n) is 1.49. The highest BCUT2D eigenvalue weighted by Crippen LogP contribution is 1.71. The van der Waals surface area contributed by atoms with Crippen molar-refractivity contribution in [2.75, 3.05) is 13.1 Å². The predicted molar refractivity (Wildman–Crippen MR) is 32.4 cm³/mol. The summed E-state index contributed by atoms with van der Waals surface area (Å²) in [7, 11) is 0. The van der Waals surface area contributed by atoms with Crippen LogP contribution >= 0.6 is 0 Å². The van der Waals surface area contributed by atoms with E-state index in [2.05, 4.69) is 5.32 Å². The van der Waals surface area contributed by atoms with Crippen molar-refractivity contribution in [3.05, 3.63) is 0 Å². The topological polar surface area (TPSA) is 55.1 Å². The van der Waals surface area contributed by atoms with Gasteiger partial charge in [0, 0.05) is 19.5 Å². The van der Waals surface area contributed by atoms with E-state index in [4.69, 9.17) is 5.73 Å². The lowest BCUT2D eigenvalue weighted by atomic mass is 10.4. The Bertz CT molecular complexity index is 72.8. The molecule has 0 aromatic carbocycles. The molecular formula is C5H12N2O. The minimum absolute atomic E-state index is 0.0652. The molecule has 0 heterocycles. The molecule has 8 heavy (non-hydrogen) atoms. The van der Waals surface area contributed by atoms with Crippen molar-refractivity contribution < 1.29 is 4.79 Å². The highest BCUT2D eigenvalue weighted by atomic mass is 16.1. The number of rotatable bonds is 3. The minimum atomic E-state index is 0.0652. The number of hydrogen-bond donors (Lipinski definition) is 2. The van der Waals surface area contributed by atoms with Crippen LogP contribution in [0.2, 0.25) is 0 Å². The van der Waals surface area contributed by atoms with Gasteiger partial charge in [0.2, 0.25) is 5.91 Å². The molecule has 0 fully saturated rings. The Morgan fingerprint density at radius 2 is 2.38 bits per heavy atom. The largest absolute Gasteiger partial charge is 0.355 e. The SMILES string of the molecule is CCC(=O)NCCN. The van der Waals surface area contributed by atoms with Crippen molar-refractivity contribution in [1.82, 2.24) is 5.32 Å². The molecule has 0 rings (SSSR count). The van der Waals surface area contributed by atoms with Crippen LogP contribution in [0.4, 0.5) is 0 Å². The van der Waals surface area contributed by atoms with Crippen LogP contribution in [0.25, 0.3) is 0 Å². The molecule has 0 aliphatic carbocycles. The highest BCUT2D eigenvalue weighted by Gasteiger charge is 1.90. The maximum absolute atomic E-state index is 10.4. The summed E-state index contributed by atoms with van der Waals surface area (Å²) in [6.45, 7) is 2.92. The predicted octanol–water partition coefficient (Wildman–Crippen LogP) is -0.529. The molecule has 3 heteroatoms. The van der Waals surface area contributed by atoms with Gasteiger partial charge >= 0.3 is 0 Å². The molecule has 0 unspecified atom stereocenters. The zero-order valence-corrected chi connectivity index (χ0v) is 5.11. The molecule has 0 aliphatic rings. The zero-order valence-electron chi connectivity index (χ0n) is 5.11. The number of amides is 1. The normalized spacial score (nSPS) is 8.75. The number of nitrogens with two attached hydrogens (primary N) is 1. The highest BCUT2D eigenvalue weighted by molar-refractivity contribution is 5.75. The molecule has 1 amide bonds. The standard InChI is InChI=1S/C5H12N2O/c1-2-5(8)7-4-3-6/h2-4,6H2,1H3,(H,7,8). The van der Waals surface area contributed by atoms with Gasteiger partial charge in [-0.25, -0.2) is 0 Å². The summed E-state index contributed by atoms with van der Waals surface area (Å²) in [5.74, 6) is 0.0652. The van der Waals surface area contributed by atoms with Crippen molar-refractivity contribution >= 4 is 5.91 Å². The molecule has 0 saturated carbocycles. The summed E-state index contributed by atoms with van der Waals surface area (Å²) >= 11 is 0. The van der Waals surface area contributed by atoms with Crippen molar-refractivity contribution in [1.29, 1.82) is 0 Å². The Balaban J connectivity index is 2.99. The van der Waals surface area contributed by atoms with Crippen LogP contribution in [0.1, 0.15) is 13.3 Å². The van der Waals surface area contributed by atoms with Gasteiger partial charge in [-0.1, -0.05) is 6.92 Å². The Morgan fingerprint density at radius 1 is 1.75 bits per heavy atom. The van der Waals surface area contributed by atoms with E-state index >= 15 is 0 Å². The van der Waals surface area contributed by atoms with E-state index in [-0.39, 0.29) is 5.91 Å². The average molecular weight is 116 g/mol. The molecule has 0 radical (unpaired) electrons. The van der Waals surface area contributed by atoms with Crippen LogP contribution in [0, 0.1) is 0 Å². The molecule has 0 spiro atoms. The summed E-state index contributed by atoms with van der Waals surface area (Å²) in [6, 6.07) is 0. The second kappa shape index (κ2) is 4.59. The number of carbonyl (C=O) groups excluding carboxylic acids is 1. The molecule has 48 valence electrons. The fourth-order valence-electron chi connectivity index (χ4n) is 0.337. The first kappa shape index (κ1) is 7.43. The smallest absolute Gasteiger partial charge is 0.219 e. The molecule has 0 bridgehead atoms. The van der Waals surface area contributed by atoms with Crippen molar-refractivity contribution in [2.45, 2.75) is 13.3 Å². The Hall–Kier alpha value is -0.570. The summed E-state index contributed by atoms with van der Waals surface area (Å²) in [5, 5.41) is 2.62. The van der Waals surface area contributed by atoms with Crippen LogP contribution in [0.3, 0.4) is 0 Å². The average Bonchev–Trinajstić information content (AvgIpc) is 1.83. The Labute approximate surface area is 49.3 Å². The quantitative estimate of drug-likeness (QED) is 0.521. The fourth-order valence-corrected chi connectivity index (χ4v) is 0.337. The minimum Gasteiger partial charge on any atom is -0.355 e. The number of carbonyl (C=O) groups is 1. The van der Waals surface area contributed by atoms with Gasteiger partial charge in [0.25, 0.3) is 0 Å². The zero-order chi connectivity index (χ0) is 6.41. The molecule has 3 nitrogen and oxygen atoms in total. The van der Waals surface area contributed by atoms with E-state index in [9.17, 15) is 4.79 Å². The lowest BCUT2D eigenvalue weighted by Crippen LogP contribution is -2.28. The summed E-state index contributed by atoms with van der Waals surface area (Å²) < 4.78 is 0. The van der Waals surface area contributed by atoms with Crippen molar-refractivity contribution in [2.24, 2.45) is 5.73 Å². The molecule has 3 N–H and O–H groups in total. The van der Waals surface area contributed by atoms with Gasteiger partial charge in [0.05, 0.1) is 0 Å². The maximum Gasteiger partial charge on any atom is 0.219 e. The van der Waals surface area contributed by atoms with Gasteiger partial charge in [-0.05, 0) is 0 Å². The first-order valence-electron chi connectivity index (χ1n) is 2.78. The molecule has 0 aromatic rings. The Morgan fingerprint density at radius 3 is 2.75 bits per heavy atom. The van der Waals surface area contributed by atoms with Gasteiger partial charge in [0.15, 0.2) is 0 Å². The summed E-state index contributed by atoms with van der Waals surface area (Å²) in [5.41, 5.74) is 5.12. The van der Waals surface area contributed by atoms with Crippen molar-refractivity contribution in [3.63, 3.8) is 0 Å². The number of nitrogens with one attached hydrogen (secondary N) is 1. The van der Waals surface area contributed by atoms with E-state index in [1.165, 1.54) is 0 Å². The second-order valence-corrected chi connectivity index (χ2v) is 1.49. The van der Waals surface area contributed by atoms with Crippen LogP contribution < -0.4 is 11.1 Å². The van der Waals surface area contributed by atoms with Gasteiger partial charge in [-0.2, -0.15) is 0 Å². The first-order chi connectivity index (χ1) is 3.81. The van der Waals surface area contributed by atoms with Crippen molar-refractivity contribution in [3.8, 4) is 0 Å². The summed E-state index contributed by atoms with van der Waals surface area (Å²) in [6.07, 6.45) is 0.542. The van der Waals surface area contributed by atoms with Gasteiger partial charge in [0.1, 0.15) is 0 Å². The van der Waals surface area contributed by atoms with Crippen LogP contribution in [0.5, 0.6) is 0 Å². The third-order valence-corrected chi connectivity index (χ3v) is 0.788. The monoisotopic (exact) mass is 116 g/mol. The first-order valence-corrected chi connectivity index (χ1v) is 2.78. The molecule has 0 atom stereocenters. The van der Waals surface area contributed by atoms with E-state index in [0.29, 0.717) is 19.5 Å². The fraction of sp³-hybridized carbons (Fsp3) is 0.800. The van der Waals surface area contributed by atoms with E-state index in [0.717, 1.165) is 0 Å².